The molecule has 204 valence electrons. The fraction of sp³-hybridized carbons (Fsp3) is 0.387. The van der Waals surface area contributed by atoms with Crippen molar-refractivity contribution in [1.82, 2.24) is 9.80 Å². The Bertz CT molecular complexity index is 1270. The van der Waals surface area contributed by atoms with Crippen LogP contribution in [0.4, 0.5) is 0 Å². The van der Waals surface area contributed by atoms with Crippen LogP contribution in [0.25, 0.3) is 0 Å². The summed E-state index contributed by atoms with van der Waals surface area (Å²) in [4.78, 5) is 35.5. The largest absolute Gasteiger partial charge is 0.460 e. The van der Waals surface area contributed by atoms with Crippen LogP contribution in [-0.2, 0) is 25.5 Å². The Morgan fingerprint density at radius 3 is 2.38 bits per heavy atom. The Hall–Kier alpha value is -3.36. The number of likely N-dealkylation sites (tertiary alicyclic amines) is 1. The maximum atomic E-state index is 13.5. The molecule has 39 heavy (non-hydrogen) atoms. The number of allylic oxidation sites excluding steroid dienone is 1. The minimum absolute atomic E-state index is 0.114. The maximum Gasteiger partial charge on any atom is 0.338 e. The molecule has 0 N–H and O–H groups in total. The van der Waals surface area contributed by atoms with Crippen LogP contribution in [0.3, 0.4) is 0 Å². The van der Waals surface area contributed by atoms with Gasteiger partial charge in [-0.3, -0.25) is 4.79 Å². The summed E-state index contributed by atoms with van der Waals surface area (Å²) in [6.07, 6.45) is 3.35. The van der Waals surface area contributed by atoms with Crippen LogP contribution in [0.1, 0.15) is 43.4 Å². The number of amides is 1. The highest BCUT2D eigenvalue weighted by Gasteiger charge is 2.41. The average molecular weight is 546 g/mol. The van der Waals surface area contributed by atoms with E-state index in [1.54, 1.807) is 7.11 Å². The molecule has 3 aliphatic heterocycles. The zero-order valence-electron chi connectivity index (χ0n) is 22.5. The van der Waals surface area contributed by atoms with Gasteiger partial charge in [0, 0.05) is 25.9 Å². The van der Waals surface area contributed by atoms with E-state index in [-0.39, 0.29) is 18.9 Å². The molecule has 8 heteroatoms. The van der Waals surface area contributed by atoms with Crippen molar-refractivity contribution in [3.05, 3.63) is 94.2 Å². The number of thioether (sulfide) groups is 1. The molecule has 1 atom stereocenters. The zero-order valence-corrected chi connectivity index (χ0v) is 23.4. The van der Waals surface area contributed by atoms with Crippen molar-refractivity contribution in [1.29, 1.82) is 0 Å². The van der Waals surface area contributed by atoms with Crippen LogP contribution in [-0.4, -0.2) is 60.3 Å². The lowest BCUT2D eigenvalue weighted by Crippen LogP contribution is -2.41. The van der Waals surface area contributed by atoms with Crippen molar-refractivity contribution in [2.45, 2.75) is 38.6 Å². The summed E-state index contributed by atoms with van der Waals surface area (Å²) >= 11 is 1.50. The van der Waals surface area contributed by atoms with Crippen LogP contribution < -0.4 is 0 Å². The van der Waals surface area contributed by atoms with E-state index in [1.807, 2.05) is 58.5 Å². The Morgan fingerprint density at radius 1 is 1.00 bits per heavy atom. The molecule has 2 aromatic carbocycles. The summed E-state index contributed by atoms with van der Waals surface area (Å²) in [5.41, 5.74) is 4.29. The molecule has 0 aliphatic carbocycles. The van der Waals surface area contributed by atoms with E-state index in [0.717, 1.165) is 48.8 Å². The number of aliphatic imine (C=N–C) groups is 1. The quantitative estimate of drug-likeness (QED) is 0.314. The number of nitrogens with zero attached hydrogens (tertiary/aromatic N) is 3. The van der Waals surface area contributed by atoms with Crippen molar-refractivity contribution in [3.8, 4) is 0 Å². The summed E-state index contributed by atoms with van der Waals surface area (Å²) in [5, 5.41) is 2.78. The van der Waals surface area contributed by atoms with Gasteiger partial charge in [0.25, 0.3) is 0 Å². The molecule has 0 saturated carbocycles. The van der Waals surface area contributed by atoms with Gasteiger partial charge in [0.15, 0.2) is 5.17 Å². The number of carbonyl (C=O) groups is 2. The van der Waals surface area contributed by atoms with Gasteiger partial charge < -0.3 is 19.3 Å². The summed E-state index contributed by atoms with van der Waals surface area (Å²) in [5.74, 6) is 0.300. The number of ether oxygens (including phenoxy) is 2. The molecule has 1 unspecified atom stereocenters. The van der Waals surface area contributed by atoms with Gasteiger partial charge in [-0.25, -0.2) is 9.79 Å². The Labute approximate surface area is 234 Å². The molecule has 3 aliphatic rings. The molecule has 0 radical (unpaired) electrons. The van der Waals surface area contributed by atoms with Crippen molar-refractivity contribution in [2.24, 2.45) is 10.9 Å². The maximum absolute atomic E-state index is 13.5. The van der Waals surface area contributed by atoms with Crippen molar-refractivity contribution >= 4 is 28.8 Å². The second-order valence-electron chi connectivity index (χ2n) is 10.1. The van der Waals surface area contributed by atoms with E-state index >= 15 is 0 Å². The molecular formula is C31H35N3O4S. The second-order valence-corrected chi connectivity index (χ2v) is 11.0. The number of fused-ring (bicyclic) bond motifs is 1. The van der Waals surface area contributed by atoms with Crippen LogP contribution in [0.15, 0.2) is 88.0 Å². The third-order valence-corrected chi connectivity index (χ3v) is 8.41. The van der Waals surface area contributed by atoms with Gasteiger partial charge in [-0.15, -0.1) is 0 Å². The van der Waals surface area contributed by atoms with E-state index in [2.05, 4.69) is 24.3 Å². The molecule has 0 spiro atoms. The van der Waals surface area contributed by atoms with Gasteiger partial charge in [0.2, 0.25) is 5.91 Å². The normalized spacial score (nSPS) is 19.5. The van der Waals surface area contributed by atoms with Gasteiger partial charge in [-0.1, -0.05) is 72.4 Å². The monoisotopic (exact) mass is 545 g/mol. The predicted molar refractivity (Wildman–Crippen MR) is 154 cm³/mol. The minimum atomic E-state index is -0.417. The Morgan fingerprint density at radius 2 is 1.69 bits per heavy atom. The number of methoxy groups -OCH3 is 1. The number of rotatable bonds is 9. The molecule has 2 aromatic rings. The number of hydrogen-bond acceptors (Lipinski definition) is 7. The third-order valence-electron chi connectivity index (χ3n) is 7.52. The Kier molecular flexibility index (Phi) is 8.84. The lowest BCUT2D eigenvalue weighted by molar-refractivity contribution is -0.141. The zero-order chi connectivity index (χ0) is 27.2. The van der Waals surface area contributed by atoms with Crippen molar-refractivity contribution < 1.29 is 19.1 Å². The molecular weight excluding hydrogens is 510 g/mol. The number of carbonyl (C=O) groups excluding carboxylic acids is 2. The first kappa shape index (κ1) is 27.2. The third kappa shape index (κ3) is 6.28. The van der Waals surface area contributed by atoms with E-state index in [0.29, 0.717) is 23.8 Å². The molecule has 1 amide bonds. The highest BCUT2D eigenvalue weighted by atomic mass is 32.2. The molecule has 5 rings (SSSR count). The van der Waals surface area contributed by atoms with E-state index in [9.17, 15) is 9.59 Å². The van der Waals surface area contributed by atoms with Crippen LogP contribution in [0.2, 0.25) is 0 Å². The van der Waals surface area contributed by atoms with E-state index in [1.165, 1.54) is 17.3 Å². The van der Waals surface area contributed by atoms with Gasteiger partial charge in [0.05, 0.1) is 30.3 Å². The first-order chi connectivity index (χ1) is 19.0. The fourth-order valence-corrected chi connectivity index (χ4v) is 6.44. The summed E-state index contributed by atoms with van der Waals surface area (Å²) in [6.45, 7) is 3.88. The van der Waals surface area contributed by atoms with Crippen molar-refractivity contribution in [2.75, 3.05) is 33.4 Å². The second kappa shape index (κ2) is 12.7. The molecule has 7 nitrogen and oxygen atoms in total. The smallest absolute Gasteiger partial charge is 0.338 e. The van der Waals surface area contributed by atoms with Crippen molar-refractivity contribution in [3.63, 3.8) is 0 Å². The topological polar surface area (TPSA) is 71.4 Å². The highest BCUT2D eigenvalue weighted by molar-refractivity contribution is 8.16. The van der Waals surface area contributed by atoms with Gasteiger partial charge in [0.1, 0.15) is 6.61 Å². The predicted octanol–water partition coefficient (Wildman–Crippen LogP) is 5.32. The number of benzene rings is 2. The number of piperidine rings is 1. The minimum Gasteiger partial charge on any atom is -0.460 e. The molecule has 1 saturated heterocycles. The average Bonchev–Trinajstić information content (AvgIpc) is 3.35. The van der Waals surface area contributed by atoms with Gasteiger partial charge >= 0.3 is 5.97 Å². The lowest BCUT2D eigenvalue weighted by atomic mass is 9.90. The first-order valence-corrected chi connectivity index (χ1v) is 14.4. The van der Waals surface area contributed by atoms with Gasteiger partial charge in [-0.2, -0.15) is 0 Å². The van der Waals surface area contributed by atoms with Gasteiger partial charge in [-0.05, 0) is 48.6 Å². The highest BCUT2D eigenvalue weighted by Crippen LogP contribution is 2.45. The number of esters is 1. The summed E-state index contributed by atoms with van der Waals surface area (Å²) in [6, 6.07) is 20.0. The van der Waals surface area contributed by atoms with E-state index in [4.69, 9.17) is 14.5 Å². The van der Waals surface area contributed by atoms with Crippen LogP contribution >= 0.6 is 11.8 Å². The molecule has 0 aromatic heterocycles. The number of hydrogen-bond donors (Lipinski definition) is 0. The first-order valence-electron chi connectivity index (χ1n) is 13.5. The number of amidine groups is 1. The van der Waals surface area contributed by atoms with Crippen LogP contribution in [0.5, 0.6) is 0 Å². The summed E-state index contributed by atoms with van der Waals surface area (Å²) < 4.78 is 10.6. The molecule has 3 heterocycles. The van der Waals surface area contributed by atoms with Crippen LogP contribution in [0, 0.1) is 5.92 Å². The summed E-state index contributed by atoms with van der Waals surface area (Å²) in [7, 11) is 1.57. The Balaban J connectivity index is 1.29. The standard InChI is InChI=1S/C31H35N3O4S/c1-22-28(30(36)38-18-17-37-2)29(25-11-7-4-8-12-25)34-26(21-39-31(34)32-22)20-27(35)33-15-13-24(14-16-33)19-23-9-5-3-6-10-23/h3-12,21,24,29H,13-20H2,1-2H3. The van der Waals surface area contributed by atoms with E-state index < -0.39 is 12.0 Å². The lowest BCUT2D eigenvalue weighted by Gasteiger charge is -2.37. The molecule has 0 bridgehead atoms. The fourth-order valence-electron chi connectivity index (χ4n) is 5.48. The SMILES string of the molecule is COCCOC(=O)C1=C(C)N=C2SC=C(CC(=O)N3CCC(Cc4ccccc4)CC3)N2C1c1ccccc1. The molecule has 1 fully saturated rings.